The molecule has 0 spiro atoms. The van der Waals surface area contributed by atoms with Gasteiger partial charge < -0.3 is 0 Å². The average Bonchev–Trinajstić information content (AvgIpc) is 2.31. The molecule has 1 atom stereocenters. The van der Waals surface area contributed by atoms with Gasteiger partial charge in [0, 0.05) is 0 Å². The van der Waals surface area contributed by atoms with Gasteiger partial charge >= 0.3 is 68.0 Å². The van der Waals surface area contributed by atoms with E-state index in [1.165, 1.54) is 24.6 Å². The number of hydrogen-bond donors (Lipinski definition) is 1. The zero-order valence-electron chi connectivity index (χ0n) is 6.34. The zero-order valence-corrected chi connectivity index (χ0v) is 8.05. The molecule has 0 aromatic rings. The molecule has 58 valence electrons. The summed E-state index contributed by atoms with van der Waals surface area (Å²) in [6.45, 7) is 2.22. The first-order valence-corrected chi connectivity index (χ1v) is 5.85. The molecule has 0 unspecified atom stereocenters. The quantitative estimate of drug-likeness (QED) is 0.686. The Morgan fingerprint density at radius 1 is 1.80 bits per heavy atom. The summed E-state index contributed by atoms with van der Waals surface area (Å²) < 4.78 is 0.925. The van der Waals surface area contributed by atoms with Gasteiger partial charge in [0.15, 0.2) is 0 Å². The Kier molecular flexibility index (Phi) is 3.23. The molecule has 2 N–H and O–H groups in total. The Morgan fingerprint density at radius 2 is 2.60 bits per heavy atom. The van der Waals surface area contributed by atoms with Crippen molar-refractivity contribution in [3.8, 4) is 0 Å². The summed E-state index contributed by atoms with van der Waals surface area (Å²) in [6.07, 6.45) is 3.83. The molecule has 0 fully saturated rings. The summed E-state index contributed by atoms with van der Waals surface area (Å²) in [5.74, 6) is 0. The monoisotopic (exact) mass is 206 g/mol. The van der Waals surface area contributed by atoms with Gasteiger partial charge in [-0.3, -0.25) is 0 Å². The topological polar surface area (TPSA) is 38.4 Å². The van der Waals surface area contributed by atoms with Crippen molar-refractivity contribution in [2.24, 2.45) is 10.7 Å². The molecule has 0 radical (unpaired) electrons. The fourth-order valence-corrected chi connectivity index (χ4v) is 2.76. The summed E-state index contributed by atoms with van der Waals surface area (Å²) in [6, 6.07) is 0.583. The molecule has 0 bridgehead atoms. The van der Waals surface area contributed by atoms with Gasteiger partial charge in [0.05, 0.1) is 0 Å². The van der Waals surface area contributed by atoms with Crippen LogP contribution in [0.3, 0.4) is 0 Å². The fourth-order valence-electron chi connectivity index (χ4n) is 1.02. The molecule has 0 aliphatic carbocycles. The maximum absolute atomic E-state index is 5.57. The molecule has 0 aromatic heterocycles. The number of aliphatic imine (C=N–C) groups is 1. The van der Waals surface area contributed by atoms with Crippen molar-refractivity contribution in [3.63, 3.8) is 0 Å². The molecular formula is C7H14N2Se. The Bertz CT molecular complexity index is 134. The van der Waals surface area contributed by atoms with Gasteiger partial charge in [0.2, 0.25) is 0 Å². The van der Waals surface area contributed by atoms with Crippen LogP contribution in [0.5, 0.6) is 0 Å². The second-order valence-electron chi connectivity index (χ2n) is 2.57. The molecule has 0 saturated carbocycles. The SMILES string of the molecule is CCCC[C@H]1C[Se]C(N)=N1. The van der Waals surface area contributed by atoms with E-state index >= 15 is 0 Å². The van der Waals surface area contributed by atoms with Gasteiger partial charge in [0.25, 0.3) is 0 Å². The first-order chi connectivity index (χ1) is 4.83. The minimum atomic E-state index is 0.526. The van der Waals surface area contributed by atoms with Crippen molar-refractivity contribution in [3.05, 3.63) is 0 Å². The third kappa shape index (κ3) is 2.31. The van der Waals surface area contributed by atoms with Gasteiger partial charge in [-0.25, -0.2) is 0 Å². The summed E-state index contributed by atoms with van der Waals surface area (Å²) in [7, 11) is 0. The normalized spacial score (nSPS) is 24.9. The Labute approximate surface area is 68.4 Å². The second-order valence-corrected chi connectivity index (χ2v) is 4.76. The van der Waals surface area contributed by atoms with Crippen LogP contribution in [-0.2, 0) is 0 Å². The van der Waals surface area contributed by atoms with Crippen LogP contribution in [-0.4, -0.2) is 25.7 Å². The molecule has 1 heterocycles. The van der Waals surface area contributed by atoms with Gasteiger partial charge in [-0.05, 0) is 0 Å². The van der Waals surface area contributed by atoms with Crippen molar-refractivity contribution < 1.29 is 0 Å². The van der Waals surface area contributed by atoms with Gasteiger partial charge in [-0.1, -0.05) is 0 Å². The summed E-state index contributed by atoms with van der Waals surface area (Å²) in [5, 5.41) is 1.25. The van der Waals surface area contributed by atoms with E-state index in [9.17, 15) is 0 Å². The first-order valence-electron chi connectivity index (χ1n) is 3.79. The van der Waals surface area contributed by atoms with E-state index in [1.54, 1.807) is 0 Å². The number of hydrogen-bond acceptors (Lipinski definition) is 2. The summed E-state index contributed by atoms with van der Waals surface area (Å²) in [5.41, 5.74) is 5.57. The van der Waals surface area contributed by atoms with E-state index in [1.807, 2.05) is 0 Å². The average molecular weight is 205 g/mol. The molecule has 0 aromatic carbocycles. The molecule has 2 nitrogen and oxygen atoms in total. The Balaban J connectivity index is 2.18. The second kappa shape index (κ2) is 3.99. The maximum atomic E-state index is 5.57. The molecule has 0 amide bonds. The van der Waals surface area contributed by atoms with E-state index in [4.69, 9.17) is 5.73 Å². The number of amidine groups is 1. The van der Waals surface area contributed by atoms with E-state index in [2.05, 4.69) is 11.9 Å². The molecule has 3 heteroatoms. The number of rotatable bonds is 3. The third-order valence-electron chi connectivity index (χ3n) is 1.62. The number of nitrogens with two attached hydrogens (primary N) is 1. The summed E-state index contributed by atoms with van der Waals surface area (Å²) in [4.78, 5) is 4.35. The van der Waals surface area contributed by atoms with Crippen LogP contribution in [0.2, 0.25) is 5.32 Å². The van der Waals surface area contributed by atoms with Crippen molar-refractivity contribution >= 4 is 19.7 Å². The van der Waals surface area contributed by atoms with Crippen LogP contribution in [0, 0.1) is 0 Å². The third-order valence-corrected chi connectivity index (χ3v) is 3.62. The Morgan fingerprint density at radius 3 is 3.10 bits per heavy atom. The molecule has 0 saturated heterocycles. The minimum absolute atomic E-state index is 0.526. The van der Waals surface area contributed by atoms with Crippen molar-refractivity contribution in [1.29, 1.82) is 0 Å². The van der Waals surface area contributed by atoms with Crippen LogP contribution in [0.15, 0.2) is 4.99 Å². The van der Waals surface area contributed by atoms with Crippen LogP contribution in [0.25, 0.3) is 0 Å². The predicted molar refractivity (Wildman–Crippen MR) is 45.5 cm³/mol. The van der Waals surface area contributed by atoms with Gasteiger partial charge in [-0.2, -0.15) is 0 Å². The van der Waals surface area contributed by atoms with Gasteiger partial charge in [0.1, 0.15) is 0 Å². The number of nitrogens with zero attached hydrogens (tertiary/aromatic N) is 1. The Hall–Kier alpha value is -0.0105. The van der Waals surface area contributed by atoms with E-state index in [-0.39, 0.29) is 0 Å². The van der Waals surface area contributed by atoms with Crippen molar-refractivity contribution in [2.75, 3.05) is 0 Å². The standard InChI is InChI=1S/C7H14N2Se/c1-2-3-4-6-5-10-7(8)9-6/h6H,2-5H2,1H3,(H2,8,9)/t6-/m0/s1. The molecule has 1 aliphatic heterocycles. The first kappa shape index (κ1) is 8.09. The van der Waals surface area contributed by atoms with E-state index in [0.717, 1.165) is 4.73 Å². The van der Waals surface area contributed by atoms with Crippen molar-refractivity contribution in [2.45, 2.75) is 37.5 Å². The van der Waals surface area contributed by atoms with Crippen LogP contribution in [0.1, 0.15) is 26.2 Å². The van der Waals surface area contributed by atoms with Crippen LogP contribution < -0.4 is 5.73 Å². The molecule has 10 heavy (non-hydrogen) atoms. The van der Waals surface area contributed by atoms with E-state index < -0.39 is 0 Å². The van der Waals surface area contributed by atoms with Gasteiger partial charge in [-0.15, -0.1) is 0 Å². The van der Waals surface area contributed by atoms with Crippen LogP contribution in [0.4, 0.5) is 0 Å². The molecular weight excluding hydrogens is 191 g/mol. The zero-order chi connectivity index (χ0) is 7.40. The van der Waals surface area contributed by atoms with Crippen LogP contribution >= 0.6 is 0 Å². The fraction of sp³-hybridized carbons (Fsp3) is 0.857. The van der Waals surface area contributed by atoms with E-state index in [0.29, 0.717) is 21.0 Å². The summed E-state index contributed by atoms with van der Waals surface area (Å²) >= 11 is 0.526. The molecule has 1 aliphatic rings. The predicted octanol–water partition coefficient (Wildman–Crippen LogP) is 0.996. The van der Waals surface area contributed by atoms with Crippen molar-refractivity contribution in [1.82, 2.24) is 0 Å². The molecule has 1 rings (SSSR count). The number of unbranched alkanes of at least 4 members (excludes halogenated alkanes) is 1.